The third-order valence-corrected chi connectivity index (χ3v) is 3.12. The smallest absolute Gasteiger partial charge is 0.266 e. The molecule has 1 aromatic heterocycles. The second kappa shape index (κ2) is 4.99. The molecule has 2 heterocycles. The number of H-pyrrole nitrogens is 1. The minimum atomic E-state index is -0.235. The summed E-state index contributed by atoms with van der Waals surface area (Å²) in [5, 5.41) is 6.13. The van der Waals surface area contributed by atoms with Crippen LogP contribution in [-0.4, -0.2) is 29.2 Å². The summed E-state index contributed by atoms with van der Waals surface area (Å²) in [4.78, 5) is 24.1. The number of rotatable bonds is 3. The van der Waals surface area contributed by atoms with Crippen molar-refractivity contribution >= 4 is 11.6 Å². The molecule has 0 atom stereocenters. The average Bonchev–Trinajstić information content (AvgIpc) is 2.29. The molecule has 1 fully saturated rings. The van der Waals surface area contributed by atoms with Gasteiger partial charge in [-0.15, -0.1) is 0 Å². The van der Waals surface area contributed by atoms with Crippen LogP contribution in [0.3, 0.4) is 0 Å². The normalized spacial score (nSPS) is 17.1. The Morgan fingerprint density at radius 3 is 2.82 bits per heavy atom. The van der Waals surface area contributed by atoms with Gasteiger partial charge in [0.2, 0.25) is 5.91 Å². The molecule has 92 valence electrons. The summed E-state index contributed by atoms with van der Waals surface area (Å²) in [7, 11) is 0. The minimum Gasteiger partial charge on any atom is -0.370 e. The molecule has 1 aliphatic heterocycles. The van der Waals surface area contributed by atoms with E-state index in [1.165, 1.54) is 0 Å². The van der Waals surface area contributed by atoms with Crippen molar-refractivity contribution < 1.29 is 4.79 Å². The molecule has 1 saturated heterocycles. The Morgan fingerprint density at radius 1 is 1.53 bits per heavy atom. The van der Waals surface area contributed by atoms with Crippen LogP contribution in [-0.2, 0) is 4.79 Å². The van der Waals surface area contributed by atoms with Gasteiger partial charge in [-0.1, -0.05) is 0 Å². The third-order valence-electron chi connectivity index (χ3n) is 3.12. The van der Waals surface area contributed by atoms with E-state index in [9.17, 15) is 9.59 Å². The SMILES string of the molecule is NC(=O)CC1CCN(c2cn[nH]c(=O)c2)CC1. The van der Waals surface area contributed by atoms with Crippen LogP contribution >= 0.6 is 0 Å². The van der Waals surface area contributed by atoms with Gasteiger partial charge >= 0.3 is 0 Å². The van der Waals surface area contributed by atoms with Gasteiger partial charge in [0.1, 0.15) is 0 Å². The van der Waals surface area contributed by atoms with Gasteiger partial charge in [-0.2, -0.15) is 5.10 Å². The van der Waals surface area contributed by atoms with Crippen LogP contribution in [0.2, 0.25) is 0 Å². The van der Waals surface area contributed by atoms with Crippen LogP contribution in [0.25, 0.3) is 0 Å². The van der Waals surface area contributed by atoms with Crippen molar-refractivity contribution in [2.24, 2.45) is 11.7 Å². The lowest BCUT2D eigenvalue weighted by Crippen LogP contribution is -2.35. The number of amides is 1. The Morgan fingerprint density at radius 2 is 2.24 bits per heavy atom. The Bertz CT molecular complexity index is 449. The first-order chi connectivity index (χ1) is 8.15. The molecule has 0 unspecified atom stereocenters. The highest BCUT2D eigenvalue weighted by Gasteiger charge is 2.21. The summed E-state index contributed by atoms with van der Waals surface area (Å²) in [6, 6.07) is 1.54. The molecule has 0 spiro atoms. The molecule has 3 N–H and O–H groups in total. The van der Waals surface area contributed by atoms with Gasteiger partial charge in [0.25, 0.3) is 5.56 Å². The van der Waals surface area contributed by atoms with Crippen molar-refractivity contribution in [3.05, 3.63) is 22.6 Å². The highest BCUT2D eigenvalue weighted by atomic mass is 16.1. The van der Waals surface area contributed by atoms with Crippen LogP contribution in [0.1, 0.15) is 19.3 Å². The number of piperidine rings is 1. The van der Waals surface area contributed by atoms with Crippen molar-refractivity contribution in [3.8, 4) is 0 Å². The lowest BCUT2D eigenvalue weighted by Gasteiger charge is -2.32. The number of nitrogens with two attached hydrogens (primary N) is 1. The molecule has 1 aromatic rings. The van der Waals surface area contributed by atoms with Gasteiger partial charge < -0.3 is 10.6 Å². The van der Waals surface area contributed by atoms with Crippen molar-refractivity contribution in [2.75, 3.05) is 18.0 Å². The molecule has 0 bridgehead atoms. The Balaban J connectivity index is 1.95. The first-order valence-electron chi connectivity index (χ1n) is 5.73. The fourth-order valence-corrected chi connectivity index (χ4v) is 2.22. The Labute approximate surface area is 98.8 Å². The lowest BCUT2D eigenvalue weighted by molar-refractivity contribution is -0.119. The zero-order valence-corrected chi connectivity index (χ0v) is 9.56. The largest absolute Gasteiger partial charge is 0.370 e. The summed E-state index contributed by atoms with van der Waals surface area (Å²) >= 11 is 0. The molecule has 6 heteroatoms. The number of aromatic nitrogens is 2. The van der Waals surface area contributed by atoms with E-state index in [1.807, 2.05) is 0 Å². The summed E-state index contributed by atoms with van der Waals surface area (Å²) < 4.78 is 0. The number of hydrogen-bond donors (Lipinski definition) is 2. The first-order valence-corrected chi connectivity index (χ1v) is 5.73. The minimum absolute atomic E-state index is 0.193. The molecular formula is C11H16N4O2. The molecule has 0 aromatic carbocycles. The van der Waals surface area contributed by atoms with Crippen molar-refractivity contribution in [1.29, 1.82) is 0 Å². The third kappa shape index (κ3) is 3.05. The number of aromatic amines is 1. The van der Waals surface area contributed by atoms with Crippen LogP contribution < -0.4 is 16.2 Å². The number of carbonyl (C=O) groups is 1. The number of hydrogen-bond acceptors (Lipinski definition) is 4. The number of nitrogens with one attached hydrogen (secondary N) is 1. The van der Waals surface area contributed by atoms with Gasteiger partial charge in [0.05, 0.1) is 11.9 Å². The maximum Gasteiger partial charge on any atom is 0.266 e. The average molecular weight is 236 g/mol. The van der Waals surface area contributed by atoms with Crippen molar-refractivity contribution in [2.45, 2.75) is 19.3 Å². The van der Waals surface area contributed by atoms with E-state index in [4.69, 9.17) is 5.73 Å². The van der Waals surface area contributed by atoms with E-state index < -0.39 is 0 Å². The molecule has 0 radical (unpaired) electrons. The summed E-state index contributed by atoms with van der Waals surface area (Å²) in [6.07, 6.45) is 3.96. The quantitative estimate of drug-likeness (QED) is 0.764. The predicted molar refractivity (Wildman–Crippen MR) is 63.6 cm³/mol. The molecule has 1 aliphatic rings. The fourth-order valence-electron chi connectivity index (χ4n) is 2.22. The fraction of sp³-hybridized carbons (Fsp3) is 0.545. The summed E-state index contributed by atoms with van der Waals surface area (Å²) in [5.74, 6) is 0.139. The second-order valence-corrected chi connectivity index (χ2v) is 4.40. The first kappa shape index (κ1) is 11.6. The van der Waals surface area contributed by atoms with Crippen molar-refractivity contribution in [3.63, 3.8) is 0 Å². The van der Waals surface area contributed by atoms with E-state index >= 15 is 0 Å². The van der Waals surface area contributed by atoms with Crippen molar-refractivity contribution in [1.82, 2.24) is 10.2 Å². The van der Waals surface area contributed by atoms with Gasteiger partial charge in [0, 0.05) is 25.6 Å². The van der Waals surface area contributed by atoms with Crippen LogP contribution in [0.15, 0.2) is 17.1 Å². The molecule has 2 rings (SSSR count). The predicted octanol–water partition coefficient (Wildman–Crippen LogP) is -0.138. The molecule has 17 heavy (non-hydrogen) atoms. The van der Waals surface area contributed by atoms with Crippen LogP contribution in [0, 0.1) is 5.92 Å². The molecule has 6 nitrogen and oxygen atoms in total. The number of primary amides is 1. The zero-order chi connectivity index (χ0) is 12.3. The lowest BCUT2D eigenvalue weighted by atomic mass is 9.93. The van der Waals surface area contributed by atoms with Gasteiger partial charge in [-0.25, -0.2) is 5.10 Å². The molecule has 0 aliphatic carbocycles. The summed E-state index contributed by atoms with van der Waals surface area (Å²) in [5.41, 5.74) is 5.83. The molecule has 0 saturated carbocycles. The van der Waals surface area contributed by atoms with Gasteiger partial charge in [-0.05, 0) is 18.8 Å². The van der Waals surface area contributed by atoms with E-state index in [2.05, 4.69) is 15.1 Å². The highest BCUT2D eigenvalue weighted by molar-refractivity contribution is 5.74. The Hall–Kier alpha value is -1.85. The number of carbonyl (C=O) groups excluding carboxylic acids is 1. The van der Waals surface area contributed by atoms with E-state index in [-0.39, 0.29) is 11.5 Å². The zero-order valence-electron chi connectivity index (χ0n) is 9.56. The number of anilines is 1. The van der Waals surface area contributed by atoms with E-state index in [1.54, 1.807) is 12.3 Å². The molecular weight excluding hydrogens is 220 g/mol. The topological polar surface area (TPSA) is 92.1 Å². The maximum atomic E-state index is 11.1. The molecule has 1 amide bonds. The highest BCUT2D eigenvalue weighted by Crippen LogP contribution is 2.23. The van der Waals surface area contributed by atoms with E-state index in [0.717, 1.165) is 31.6 Å². The summed E-state index contributed by atoms with van der Waals surface area (Å²) in [6.45, 7) is 1.67. The van der Waals surface area contributed by atoms with E-state index in [0.29, 0.717) is 12.3 Å². The Kier molecular flexibility index (Phi) is 3.41. The second-order valence-electron chi connectivity index (χ2n) is 4.40. The standard InChI is InChI=1S/C11H16N4O2/c12-10(16)5-8-1-3-15(4-2-8)9-6-11(17)14-13-7-9/h6-8H,1-5H2,(H2,12,16)(H,14,17). The maximum absolute atomic E-state index is 11.1. The monoisotopic (exact) mass is 236 g/mol. The number of nitrogens with zero attached hydrogens (tertiary/aromatic N) is 2. The van der Waals surface area contributed by atoms with Gasteiger partial charge in [0.15, 0.2) is 0 Å². The van der Waals surface area contributed by atoms with Gasteiger partial charge in [-0.3, -0.25) is 9.59 Å². The van der Waals surface area contributed by atoms with Crippen LogP contribution in [0.5, 0.6) is 0 Å². The van der Waals surface area contributed by atoms with Crippen LogP contribution in [0.4, 0.5) is 5.69 Å².